The first kappa shape index (κ1) is 9.75. The van der Waals surface area contributed by atoms with Crippen molar-refractivity contribution >= 4 is 12.6 Å². The van der Waals surface area contributed by atoms with E-state index in [0.29, 0.717) is 18.6 Å². The SMILES string of the molecule is CCC(C)(CCS)[N+](=O)[O-]. The molecule has 0 spiro atoms. The molecule has 0 bridgehead atoms. The van der Waals surface area contributed by atoms with E-state index < -0.39 is 5.54 Å². The Labute approximate surface area is 66.4 Å². The Morgan fingerprint density at radius 1 is 1.70 bits per heavy atom. The summed E-state index contributed by atoms with van der Waals surface area (Å²) in [6.07, 6.45) is 1.11. The van der Waals surface area contributed by atoms with E-state index in [9.17, 15) is 10.1 Å². The molecule has 10 heavy (non-hydrogen) atoms. The lowest BCUT2D eigenvalue weighted by molar-refractivity contribution is -0.566. The van der Waals surface area contributed by atoms with E-state index in [1.807, 2.05) is 6.92 Å². The van der Waals surface area contributed by atoms with Crippen molar-refractivity contribution in [1.82, 2.24) is 0 Å². The van der Waals surface area contributed by atoms with Gasteiger partial charge in [0.2, 0.25) is 5.54 Å². The van der Waals surface area contributed by atoms with Gasteiger partial charge in [0.15, 0.2) is 0 Å². The molecule has 60 valence electrons. The second-order valence-electron chi connectivity index (χ2n) is 2.58. The van der Waals surface area contributed by atoms with Gasteiger partial charge >= 0.3 is 0 Å². The Bertz CT molecular complexity index is 129. The minimum Gasteiger partial charge on any atom is -0.264 e. The molecule has 0 aliphatic heterocycles. The highest BCUT2D eigenvalue weighted by atomic mass is 32.1. The Morgan fingerprint density at radius 3 is 2.30 bits per heavy atom. The zero-order chi connectivity index (χ0) is 8.20. The maximum absolute atomic E-state index is 10.4. The van der Waals surface area contributed by atoms with Gasteiger partial charge in [0, 0.05) is 24.7 Å². The van der Waals surface area contributed by atoms with Crippen molar-refractivity contribution < 1.29 is 4.92 Å². The minimum atomic E-state index is -0.762. The van der Waals surface area contributed by atoms with Crippen LogP contribution in [0.1, 0.15) is 26.7 Å². The van der Waals surface area contributed by atoms with Crippen molar-refractivity contribution in [1.29, 1.82) is 0 Å². The summed E-state index contributed by atoms with van der Waals surface area (Å²) in [5.74, 6) is 0.575. The first-order chi connectivity index (χ1) is 4.56. The molecule has 0 N–H and O–H groups in total. The van der Waals surface area contributed by atoms with Crippen LogP contribution in [0.25, 0.3) is 0 Å². The standard InChI is InChI=1S/C6H13NO2S/c1-3-6(2,4-5-10)7(8)9/h10H,3-5H2,1-2H3. The molecule has 1 unspecified atom stereocenters. The minimum absolute atomic E-state index is 0.219. The number of rotatable bonds is 4. The van der Waals surface area contributed by atoms with Crippen LogP contribution in [-0.4, -0.2) is 16.2 Å². The number of hydrogen-bond acceptors (Lipinski definition) is 3. The summed E-state index contributed by atoms with van der Waals surface area (Å²) in [6.45, 7) is 3.48. The van der Waals surface area contributed by atoms with Gasteiger partial charge in [-0.05, 0) is 5.75 Å². The molecule has 0 aromatic carbocycles. The second-order valence-corrected chi connectivity index (χ2v) is 3.03. The number of nitrogens with zero attached hydrogens (tertiary/aromatic N) is 1. The molecule has 0 rings (SSSR count). The molecule has 0 aromatic rings. The van der Waals surface area contributed by atoms with Crippen LogP contribution in [-0.2, 0) is 0 Å². The van der Waals surface area contributed by atoms with Crippen LogP contribution in [0.3, 0.4) is 0 Å². The summed E-state index contributed by atoms with van der Waals surface area (Å²) in [5, 5.41) is 10.4. The highest BCUT2D eigenvalue weighted by Crippen LogP contribution is 2.18. The van der Waals surface area contributed by atoms with Crippen LogP contribution < -0.4 is 0 Å². The monoisotopic (exact) mass is 163 g/mol. The molecule has 3 nitrogen and oxygen atoms in total. The summed E-state index contributed by atoms with van der Waals surface area (Å²) in [5.41, 5.74) is -0.762. The molecular formula is C6H13NO2S. The topological polar surface area (TPSA) is 43.1 Å². The third kappa shape index (κ3) is 2.17. The van der Waals surface area contributed by atoms with E-state index in [4.69, 9.17) is 0 Å². The molecular weight excluding hydrogens is 150 g/mol. The maximum atomic E-state index is 10.4. The zero-order valence-corrected chi connectivity index (χ0v) is 7.23. The first-order valence-electron chi connectivity index (χ1n) is 3.32. The summed E-state index contributed by atoms with van der Waals surface area (Å²) in [6, 6.07) is 0. The zero-order valence-electron chi connectivity index (χ0n) is 6.33. The predicted molar refractivity (Wildman–Crippen MR) is 44.2 cm³/mol. The normalized spacial score (nSPS) is 16.3. The van der Waals surface area contributed by atoms with Gasteiger partial charge in [-0.15, -0.1) is 0 Å². The molecule has 0 aromatic heterocycles. The lowest BCUT2D eigenvalue weighted by atomic mass is 9.97. The average Bonchev–Trinajstić information content (AvgIpc) is 1.88. The molecule has 0 fully saturated rings. The largest absolute Gasteiger partial charge is 0.264 e. The molecule has 0 saturated heterocycles. The smallest absolute Gasteiger partial charge is 0.220 e. The predicted octanol–water partition coefficient (Wildman–Crippen LogP) is 1.75. The van der Waals surface area contributed by atoms with Gasteiger partial charge in [-0.1, -0.05) is 6.92 Å². The third-order valence-electron chi connectivity index (χ3n) is 1.85. The van der Waals surface area contributed by atoms with Crippen molar-refractivity contribution in [2.45, 2.75) is 32.2 Å². The fraction of sp³-hybridized carbons (Fsp3) is 1.00. The highest BCUT2D eigenvalue weighted by Gasteiger charge is 2.33. The van der Waals surface area contributed by atoms with Crippen molar-refractivity contribution in [3.63, 3.8) is 0 Å². The Balaban J connectivity index is 4.08. The van der Waals surface area contributed by atoms with Gasteiger partial charge < -0.3 is 0 Å². The average molecular weight is 163 g/mol. The lowest BCUT2D eigenvalue weighted by Crippen LogP contribution is -2.34. The van der Waals surface area contributed by atoms with Crippen molar-refractivity contribution in [3.8, 4) is 0 Å². The third-order valence-corrected chi connectivity index (χ3v) is 2.08. The first-order valence-corrected chi connectivity index (χ1v) is 3.95. The molecule has 4 heteroatoms. The van der Waals surface area contributed by atoms with E-state index >= 15 is 0 Å². The van der Waals surface area contributed by atoms with Gasteiger partial charge in [0.05, 0.1) is 0 Å². The highest BCUT2D eigenvalue weighted by molar-refractivity contribution is 7.80. The van der Waals surface area contributed by atoms with Gasteiger partial charge in [0.1, 0.15) is 0 Å². The van der Waals surface area contributed by atoms with Gasteiger partial charge in [-0.25, -0.2) is 0 Å². The molecule has 1 atom stereocenters. The van der Waals surface area contributed by atoms with E-state index in [2.05, 4.69) is 12.6 Å². The van der Waals surface area contributed by atoms with Crippen LogP contribution in [0, 0.1) is 10.1 Å². The number of hydrogen-bond donors (Lipinski definition) is 1. The van der Waals surface area contributed by atoms with E-state index in [0.717, 1.165) is 0 Å². The van der Waals surface area contributed by atoms with Gasteiger partial charge in [-0.3, -0.25) is 10.1 Å². The van der Waals surface area contributed by atoms with E-state index in [1.165, 1.54) is 0 Å². The van der Waals surface area contributed by atoms with Crippen molar-refractivity contribution in [2.24, 2.45) is 0 Å². The van der Waals surface area contributed by atoms with Crippen LogP contribution >= 0.6 is 12.6 Å². The second kappa shape index (κ2) is 3.81. The van der Waals surface area contributed by atoms with E-state index in [1.54, 1.807) is 6.92 Å². The van der Waals surface area contributed by atoms with Crippen LogP contribution in [0.4, 0.5) is 0 Å². The van der Waals surface area contributed by atoms with Gasteiger partial charge in [0.25, 0.3) is 0 Å². The Hall–Kier alpha value is -0.250. The molecule has 0 radical (unpaired) electrons. The summed E-state index contributed by atoms with van der Waals surface area (Å²) >= 11 is 3.96. The van der Waals surface area contributed by atoms with Crippen molar-refractivity contribution in [2.75, 3.05) is 5.75 Å². The van der Waals surface area contributed by atoms with Crippen LogP contribution in [0.2, 0.25) is 0 Å². The fourth-order valence-electron chi connectivity index (χ4n) is 0.638. The number of thiol groups is 1. The Kier molecular flexibility index (Phi) is 3.71. The van der Waals surface area contributed by atoms with Crippen LogP contribution in [0.5, 0.6) is 0 Å². The number of nitro groups is 1. The quantitative estimate of drug-likeness (QED) is 0.390. The fourth-order valence-corrected chi connectivity index (χ4v) is 1.12. The summed E-state index contributed by atoms with van der Waals surface area (Å²) in [7, 11) is 0. The summed E-state index contributed by atoms with van der Waals surface area (Å²) < 4.78 is 0. The van der Waals surface area contributed by atoms with Gasteiger partial charge in [-0.2, -0.15) is 12.6 Å². The van der Waals surface area contributed by atoms with Crippen LogP contribution in [0.15, 0.2) is 0 Å². The lowest BCUT2D eigenvalue weighted by Gasteiger charge is -2.17. The molecule has 0 heterocycles. The molecule has 0 aliphatic carbocycles. The molecule has 0 saturated carbocycles. The Morgan fingerprint density at radius 2 is 2.20 bits per heavy atom. The summed E-state index contributed by atoms with van der Waals surface area (Å²) in [4.78, 5) is 10.2. The molecule has 0 aliphatic rings. The maximum Gasteiger partial charge on any atom is 0.220 e. The van der Waals surface area contributed by atoms with E-state index in [-0.39, 0.29) is 4.92 Å². The molecule has 0 amide bonds. The van der Waals surface area contributed by atoms with Crippen molar-refractivity contribution in [3.05, 3.63) is 10.1 Å².